The van der Waals surface area contributed by atoms with Crippen molar-refractivity contribution < 1.29 is 9.53 Å². The molecule has 6 nitrogen and oxygen atoms in total. The Morgan fingerprint density at radius 1 is 1.16 bits per heavy atom. The molecule has 2 aromatic carbocycles. The van der Waals surface area contributed by atoms with Gasteiger partial charge in [0.05, 0.1) is 23.1 Å². The summed E-state index contributed by atoms with van der Waals surface area (Å²) in [5, 5.41) is 4.42. The number of aromatic nitrogens is 3. The van der Waals surface area contributed by atoms with Crippen molar-refractivity contribution in [3.8, 4) is 10.6 Å². The topological polar surface area (TPSA) is 69.0 Å². The van der Waals surface area contributed by atoms with Gasteiger partial charge in [0.25, 0.3) is 0 Å². The minimum atomic E-state index is -0.494. The van der Waals surface area contributed by atoms with Crippen LogP contribution in [0.5, 0.6) is 0 Å². The molecule has 0 aliphatic heterocycles. The molecule has 1 amide bonds. The third-order valence-corrected chi connectivity index (χ3v) is 6.30. The fourth-order valence-electron chi connectivity index (χ4n) is 3.54. The van der Waals surface area contributed by atoms with Crippen LogP contribution >= 0.6 is 11.3 Å². The van der Waals surface area contributed by atoms with E-state index >= 15 is 0 Å². The van der Waals surface area contributed by atoms with E-state index in [1.54, 1.807) is 0 Å². The number of benzene rings is 2. The molecule has 7 heteroatoms. The molecule has 160 valence electrons. The Labute approximate surface area is 185 Å². The van der Waals surface area contributed by atoms with Crippen LogP contribution in [-0.2, 0) is 11.3 Å². The van der Waals surface area contributed by atoms with Crippen molar-refractivity contribution in [3.63, 3.8) is 0 Å². The van der Waals surface area contributed by atoms with Crippen molar-refractivity contribution in [1.29, 1.82) is 0 Å². The third kappa shape index (κ3) is 4.46. The standard InChI is InChI=1S/C24H26N4O2S/c1-14(2)28-13-25-20-11-18(7-9-21(20)28)12-30-24(29)27-22-17(5)26-23(31-22)19-8-6-15(3)10-16(19)4/h6-11,13-14H,12H2,1-5H3,(H,27,29). The van der Waals surface area contributed by atoms with Crippen LogP contribution in [0.25, 0.3) is 21.6 Å². The van der Waals surface area contributed by atoms with E-state index in [9.17, 15) is 4.79 Å². The molecule has 1 N–H and O–H groups in total. The fraction of sp³-hybridized carbons (Fsp3) is 0.292. The van der Waals surface area contributed by atoms with E-state index in [4.69, 9.17) is 4.74 Å². The summed E-state index contributed by atoms with van der Waals surface area (Å²) in [5.41, 5.74) is 7.10. The first-order valence-corrected chi connectivity index (χ1v) is 11.1. The van der Waals surface area contributed by atoms with Gasteiger partial charge in [-0.3, -0.25) is 5.32 Å². The van der Waals surface area contributed by atoms with E-state index < -0.39 is 6.09 Å². The molecule has 0 saturated carbocycles. The molecule has 0 bridgehead atoms. The van der Waals surface area contributed by atoms with Gasteiger partial charge in [0.2, 0.25) is 0 Å². The molecule has 2 heterocycles. The number of imidazole rings is 1. The van der Waals surface area contributed by atoms with Crippen molar-refractivity contribution in [2.75, 3.05) is 5.32 Å². The third-order valence-electron chi connectivity index (χ3n) is 5.19. The predicted octanol–water partition coefficient (Wildman–Crippen LogP) is 6.41. The van der Waals surface area contributed by atoms with Gasteiger partial charge in [-0.15, -0.1) is 0 Å². The summed E-state index contributed by atoms with van der Waals surface area (Å²) in [7, 11) is 0. The number of hydrogen-bond donors (Lipinski definition) is 1. The molecule has 0 aliphatic rings. The lowest BCUT2D eigenvalue weighted by Gasteiger charge is -2.09. The Hall–Kier alpha value is -3.19. The summed E-state index contributed by atoms with van der Waals surface area (Å²) in [5.74, 6) is 0. The number of aryl methyl sites for hydroxylation is 3. The average molecular weight is 435 g/mol. The molecule has 0 saturated heterocycles. The van der Waals surface area contributed by atoms with Crippen LogP contribution in [0.2, 0.25) is 0 Å². The summed E-state index contributed by atoms with van der Waals surface area (Å²) in [4.78, 5) is 21.5. The number of carbonyl (C=O) groups excluding carboxylic acids is 1. The number of thiazole rings is 1. The highest BCUT2D eigenvalue weighted by molar-refractivity contribution is 7.19. The van der Waals surface area contributed by atoms with Crippen LogP contribution in [-0.4, -0.2) is 20.6 Å². The number of carbonyl (C=O) groups is 1. The van der Waals surface area contributed by atoms with Crippen molar-refractivity contribution >= 4 is 33.5 Å². The zero-order valence-corrected chi connectivity index (χ0v) is 19.2. The molecule has 0 fully saturated rings. The van der Waals surface area contributed by atoms with Gasteiger partial charge in [0.15, 0.2) is 0 Å². The van der Waals surface area contributed by atoms with Gasteiger partial charge in [0, 0.05) is 11.6 Å². The Morgan fingerprint density at radius 2 is 1.97 bits per heavy atom. The van der Waals surface area contributed by atoms with E-state index in [0.29, 0.717) is 11.0 Å². The number of hydrogen-bond acceptors (Lipinski definition) is 5. The number of nitrogens with one attached hydrogen (secondary N) is 1. The quantitative estimate of drug-likeness (QED) is 0.394. The number of nitrogens with zero attached hydrogens (tertiary/aromatic N) is 3. The smallest absolute Gasteiger partial charge is 0.412 e. The average Bonchev–Trinajstić information content (AvgIpc) is 3.29. The van der Waals surface area contributed by atoms with Gasteiger partial charge < -0.3 is 9.30 Å². The first-order valence-electron chi connectivity index (χ1n) is 10.3. The van der Waals surface area contributed by atoms with Crippen LogP contribution in [0, 0.1) is 20.8 Å². The number of anilines is 1. The maximum absolute atomic E-state index is 12.4. The maximum atomic E-state index is 12.4. The normalized spacial score (nSPS) is 11.3. The first-order chi connectivity index (χ1) is 14.8. The molecule has 0 radical (unpaired) electrons. The van der Waals surface area contributed by atoms with Crippen LogP contribution < -0.4 is 5.32 Å². The summed E-state index contributed by atoms with van der Waals surface area (Å²) in [6.45, 7) is 10.4. The lowest BCUT2D eigenvalue weighted by molar-refractivity contribution is 0.155. The minimum absolute atomic E-state index is 0.179. The van der Waals surface area contributed by atoms with E-state index in [1.807, 2.05) is 31.5 Å². The number of fused-ring (bicyclic) bond motifs is 1. The lowest BCUT2D eigenvalue weighted by Crippen LogP contribution is -2.13. The number of amides is 1. The zero-order chi connectivity index (χ0) is 22.1. The van der Waals surface area contributed by atoms with Gasteiger partial charge in [-0.25, -0.2) is 14.8 Å². The van der Waals surface area contributed by atoms with Gasteiger partial charge in [-0.05, 0) is 57.9 Å². The Bertz CT molecular complexity index is 1260. The second-order valence-electron chi connectivity index (χ2n) is 8.02. The molecule has 31 heavy (non-hydrogen) atoms. The van der Waals surface area contributed by atoms with Gasteiger partial charge in [0.1, 0.15) is 16.6 Å². The molecular weight excluding hydrogens is 408 g/mol. The molecule has 0 unspecified atom stereocenters. The maximum Gasteiger partial charge on any atom is 0.412 e. The van der Waals surface area contributed by atoms with Gasteiger partial charge in [-0.2, -0.15) is 0 Å². The van der Waals surface area contributed by atoms with Gasteiger partial charge in [-0.1, -0.05) is 41.2 Å². The summed E-state index contributed by atoms with van der Waals surface area (Å²) >= 11 is 1.45. The Morgan fingerprint density at radius 3 is 2.71 bits per heavy atom. The second-order valence-corrected chi connectivity index (χ2v) is 9.02. The zero-order valence-electron chi connectivity index (χ0n) is 18.4. The molecular formula is C24H26N4O2S. The number of rotatable bonds is 5. The molecule has 0 atom stereocenters. The summed E-state index contributed by atoms with van der Waals surface area (Å²) < 4.78 is 7.56. The Balaban J connectivity index is 1.42. The Kier molecular flexibility index (Phi) is 5.78. The highest BCUT2D eigenvalue weighted by Gasteiger charge is 2.15. The minimum Gasteiger partial charge on any atom is -0.444 e. The van der Waals surface area contributed by atoms with E-state index in [0.717, 1.165) is 38.4 Å². The van der Waals surface area contributed by atoms with Crippen LogP contribution in [0.3, 0.4) is 0 Å². The molecule has 4 rings (SSSR count). The van der Waals surface area contributed by atoms with E-state index in [2.05, 4.69) is 65.7 Å². The number of ether oxygens (including phenoxy) is 1. The molecule has 0 spiro atoms. The summed E-state index contributed by atoms with van der Waals surface area (Å²) in [6, 6.07) is 12.6. The van der Waals surface area contributed by atoms with Crippen molar-refractivity contribution in [3.05, 3.63) is 65.1 Å². The molecule has 0 aliphatic carbocycles. The monoisotopic (exact) mass is 434 g/mol. The van der Waals surface area contributed by atoms with Crippen LogP contribution in [0.4, 0.5) is 9.80 Å². The van der Waals surface area contributed by atoms with Crippen molar-refractivity contribution in [2.45, 2.75) is 47.3 Å². The van der Waals surface area contributed by atoms with Crippen LogP contribution in [0.1, 0.15) is 42.3 Å². The largest absolute Gasteiger partial charge is 0.444 e. The first kappa shape index (κ1) is 21.1. The van der Waals surface area contributed by atoms with Crippen LogP contribution in [0.15, 0.2) is 42.7 Å². The van der Waals surface area contributed by atoms with E-state index in [1.165, 1.54) is 16.9 Å². The summed E-state index contributed by atoms with van der Waals surface area (Å²) in [6.07, 6.45) is 1.35. The van der Waals surface area contributed by atoms with Crippen molar-refractivity contribution in [2.24, 2.45) is 0 Å². The van der Waals surface area contributed by atoms with Gasteiger partial charge >= 0.3 is 6.09 Å². The lowest BCUT2D eigenvalue weighted by atomic mass is 10.1. The predicted molar refractivity (Wildman–Crippen MR) is 126 cm³/mol. The molecule has 4 aromatic rings. The van der Waals surface area contributed by atoms with E-state index in [-0.39, 0.29) is 6.61 Å². The molecule has 2 aromatic heterocycles. The fourth-order valence-corrected chi connectivity index (χ4v) is 4.58. The van der Waals surface area contributed by atoms with Crippen molar-refractivity contribution in [1.82, 2.24) is 14.5 Å². The SMILES string of the molecule is Cc1ccc(-c2nc(C)c(NC(=O)OCc3ccc4c(c3)ncn4C(C)C)s2)c(C)c1. The second kappa shape index (κ2) is 8.51. The highest BCUT2D eigenvalue weighted by atomic mass is 32.1. The highest BCUT2D eigenvalue weighted by Crippen LogP contribution is 2.34.